The fraction of sp³-hybridized carbons (Fsp3) is 1.00. The van der Waals surface area contributed by atoms with Gasteiger partial charge in [0.05, 0.1) is 0 Å². The maximum atomic E-state index is 10.5. The Morgan fingerprint density at radius 3 is 1.44 bits per heavy atom. The lowest BCUT2D eigenvalue weighted by molar-refractivity contribution is 0.0353. The van der Waals surface area contributed by atoms with E-state index >= 15 is 0 Å². The van der Waals surface area contributed by atoms with Gasteiger partial charge in [-0.1, -0.05) is 41.5 Å². The molecule has 0 amide bonds. The molecule has 9 heteroatoms. The van der Waals surface area contributed by atoms with E-state index in [4.69, 9.17) is 12.3 Å². The van der Waals surface area contributed by atoms with Crippen LogP contribution >= 0.6 is 0 Å². The Labute approximate surface area is 112 Å². The van der Waals surface area contributed by atoms with Gasteiger partial charge in [-0.25, -0.2) is 0 Å². The predicted octanol–water partition coefficient (Wildman–Crippen LogP) is 1.07. The first kappa shape index (κ1) is 16.5. The quantitative estimate of drug-likeness (QED) is 0.676. The molecule has 0 aliphatic carbocycles. The molecule has 1 aliphatic heterocycles. The molecular formula is C9H24O6Si3. The lowest BCUT2D eigenvalue weighted by Crippen LogP contribution is -2.73. The molecule has 0 bridgehead atoms. The minimum atomic E-state index is -4.30. The van der Waals surface area contributed by atoms with Crippen LogP contribution in [0.5, 0.6) is 0 Å². The molecule has 1 rings (SSSR count). The largest absolute Gasteiger partial charge is 0.657 e. The standard InChI is InChI=1S/C9H24O6Si3/c1-7(2)16(8(3)4)13-17(10,9(5)6)15-18(11,12)14-16/h7-12H,1-6H3. The first-order valence-electron chi connectivity index (χ1n) is 6.23. The highest BCUT2D eigenvalue weighted by molar-refractivity contribution is 6.89. The van der Waals surface area contributed by atoms with Gasteiger partial charge in [0.15, 0.2) is 0 Å². The summed E-state index contributed by atoms with van der Waals surface area (Å²) in [5.41, 5.74) is -0.312. The summed E-state index contributed by atoms with van der Waals surface area (Å²) in [7, 11) is -10.8. The van der Waals surface area contributed by atoms with Crippen LogP contribution in [0.25, 0.3) is 0 Å². The topological polar surface area (TPSA) is 88.4 Å². The first-order chi connectivity index (χ1) is 7.95. The van der Waals surface area contributed by atoms with E-state index < -0.39 is 26.4 Å². The van der Waals surface area contributed by atoms with E-state index in [1.807, 2.05) is 27.7 Å². The van der Waals surface area contributed by atoms with E-state index in [0.29, 0.717) is 0 Å². The van der Waals surface area contributed by atoms with Crippen molar-refractivity contribution in [1.29, 1.82) is 0 Å². The lowest BCUT2D eigenvalue weighted by atomic mass is 10.5. The molecule has 0 aromatic rings. The van der Waals surface area contributed by atoms with Crippen molar-refractivity contribution in [1.82, 2.24) is 0 Å². The molecule has 0 saturated carbocycles. The monoisotopic (exact) mass is 312 g/mol. The molecule has 1 heterocycles. The van der Waals surface area contributed by atoms with E-state index in [9.17, 15) is 14.4 Å². The summed E-state index contributed by atoms with van der Waals surface area (Å²) in [6.45, 7) is 11.2. The van der Waals surface area contributed by atoms with Crippen LogP contribution in [-0.2, 0) is 12.3 Å². The second kappa shape index (κ2) is 5.07. The fourth-order valence-corrected chi connectivity index (χ4v) is 15.7. The van der Waals surface area contributed by atoms with Gasteiger partial charge in [-0.3, -0.25) is 0 Å². The van der Waals surface area contributed by atoms with Crippen LogP contribution in [0.3, 0.4) is 0 Å². The SMILES string of the molecule is CC(C)[Si]1(O)O[Si](O)(O)O[Si](C(C)C)(C(C)C)O1. The lowest BCUT2D eigenvalue weighted by Gasteiger charge is -2.50. The smallest absolute Gasteiger partial charge is 0.393 e. The molecule has 0 radical (unpaired) electrons. The third kappa shape index (κ3) is 2.94. The highest BCUT2D eigenvalue weighted by Crippen LogP contribution is 2.43. The molecule has 0 spiro atoms. The van der Waals surface area contributed by atoms with Crippen molar-refractivity contribution < 1.29 is 26.7 Å². The molecule has 1 aliphatic rings. The number of hydrogen-bond donors (Lipinski definition) is 3. The highest BCUT2D eigenvalue weighted by atomic mass is 28.5. The summed E-state index contributed by atoms with van der Waals surface area (Å²) >= 11 is 0. The third-order valence-electron chi connectivity index (χ3n) is 3.22. The van der Waals surface area contributed by atoms with Crippen molar-refractivity contribution in [2.45, 2.75) is 58.2 Å². The van der Waals surface area contributed by atoms with E-state index in [1.54, 1.807) is 13.8 Å². The van der Waals surface area contributed by atoms with E-state index in [1.165, 1.54) is 0 Å². The predicted molar refractivity (Wildman–Crippen MR) is 72.5 cm³/mol. The maximum absolute atomic E-state index is 10.5. The minimum Gasteiger partial charge on any atom is -0.393 e. The Morgan fingerprint density at radius 1 is 0.667 bits per heavy atom. The average molecular weight is 313 g/mol. The van der Waals surface area contributed by atoms with Gasteiger partial charge in [0.1, 0.15) is 0 Å². The van der Waals surface area contributed by atoms with Crippen molar-refractivity contribution in [2.75, 3.05) is 0 Å². The second-order valence-electron chi connectivity index (χ2n) is 5.67. The molecule has 18 heavy (non-hydrogen) atoms. The zero-order valence-corrected chi connectivity index (χ0v) is 14.8. The van der Waals surface area contributed by atoms with Gasteiger partial charge in [0, 0.05) is 5.54 Å². The summed E-state index contributed by atoms with van der Waals surface area (Å²) in [5.74, 6) is 0. The molecule has 0 aromatic heterocycles. The highest BCUT2D eigenvalue weighted by Gasteiger charge is 2.67. The Morgan fingerprint density at radius 2 is 1.11 bits per heavy atom. The molecule has 0 aromatic carbocycles. The summed E-state index contributed by atoms with van der Waals surface area (Å²) in [6.07, 6.45) is 0. The summed E-state index contributed by atoms with van der Waals surface area (Å²) in [5, 5.41) is 0. The van der Waals surface area contributed by atoms with Gasteiger partial charge in [0.25, 0.3) is 0 Å². The third-order valence-corrected chi connectivity index (χ3v) is 14.9. The summed E-state index contributed by atoms with van der Waals surface area (Å²) in [4.78, 5) is 30.2. The molecule has 108 valence electrons. The van der Waals surface area contributed by atoms with Gasteiger partial charge in [-0.2, -0.15) is 0 Å². The van der Waals surface area contributed by atoms with Crippen molar-refractivity contribution in [3.8, 4) is 0 Å². The molecule has 3 N–H and O–H groups in total. The average Bonchev–Trinajstić information content (AvgIpc) is 2.13. The van der Waals surface area contributed by atoms with E-state index in [2.05, 4.69) is 0 Å². The molecule has 6 nitrogen and oxygen atoms in total. The molecule has 1 saturated heterocycles. The van der Waals surface area contributed by atoms with E-state index in [0.717, 1.165) is 0 Å². The second-order valence-corrected chi connectivity index (χ2v) is 15.4. The van der Waals surface area contributed by atoms with Crippen LogP contribution in [0.15, 0.2) is 0 Å². The van der Waals surface area contributed by atoms with Gasteiger partial charge in [-0.15, -0.1) is 0 Å². The van der Waals surface area contributed by atoms with Gasteiger partial charge >= 0.3 is 26.4 Å². The van der Waals surface area contributed by atoms with Gasteiger partial charge < -0.3 is 26.7 Å². The Kier molecular flexibility index (Phi) is 4.64. The number of hydrogen-bond acceptors (Lipinski definition) is 6. The van der Waals surface area contributed by atoms with Crippen molar-refractivity contribution in [3.05, 3.63) is 0 Å². The van der Waals surface area contributed by atoms with Crippen LogP contribution in [-0.4, -0.2) is 40.8 Å². The molecule has 1 atom stereocenters. The normalized spacial score (nSPS) is 31.3. The first-order valence-corrected chi connectivity index (χ1v) is 11.7. The minimum absolute atomic E-state index is 0.00894. The van der Waals surface area contributed by atoms with Gasteiger partial charge in [0.2, 0.25) is 0 Å². The summed E-state index contributed by atoms with van der Waals surface area (Å²) in [6, 6.07) is 0. The maximum Gasteiger partial charge on any atom is 0.657 e. The Balaban J connectivity index is 3.21. The number of rotatable bonds is 3. The summed E-state index contributed by atoms with van der Waals surface area (Å²) < 4.78 is 16.3. The van der Waals surface area contributed by atoms with Crippen LogP contribution in [0.4, 0.5) is 0 Å². The molecule has 1 unspecified atom stereocenters. The fourth-order valence-electron chi connectivity index (χ4n) is 2.06. The Hall–Kier alpha value is 0.411. The van der Waals surface area contributed by atoms with Gasteiger partial charge in [-0.05, 0) is 11.1 Å². The van der Waals surface area contributed by atoms with Crippen LogP contribution < -0.4 is 0 Å². The zero-order valence-electron chi connectivity index (χ0n) is 11.8. The zero-order chi connectivity index (χ0) is 14.4. The van der Waals surface area contributed by atoms with Crippen molar-refractivity contribution >= 4 is 26.4 Å². The van der Waals surface area contributed by atoms with Crippen molar-refractivity contribution in [2.24, 2.45) is 0 Å². The Bertz CT molecular complexity index is 301. The van der Waals surface area contributed by atoms with Crippen LogP contribution in [0.1, 0.15) is 41.5 Å². The van der Waals surface area contributed by atoms with E-state index in [-0.39, 0.29) is 16.6 Å². The molecule has 1 fully saturated rings. The van der Waals surface area contributed by atoms with Crippen LogP contribution in [0.2, 0.25) is 16.6 Å². The molecular weight excluding hydrogens is 288 g/mol. The van der Waals surface area contributed by atoms with Crippen molar-refractivity contribution in [3.63, 3.8) is 0 Å². The van der Waals surface area contributed by atoms with Crippen LogP contribution in [0, 0.1) is 0 Å².